The molecule has 1 aromatic rings. The number of amides is 1. The quantitative estimate of drug-likeness (QED) is 0.635. The van der Waals surface area contributed by atoms with Gasteiger partial charge in [0.1, 0.15) is 5.75 Å². The number of ether oxygens (including phenoxy) is 2. The number of methoxy groups -OCH3 is 1. The van der Waals surface area contributed by atoms with Crippen LogP contribution in [0.3, 0.4) is 0 Å². The molecular formula is C20H27NO4. The molecule has 1 aromatic carbocycles. The fourth-order valence-corrected chi connectivity index (χ4v) is 3.18. The molecule has 5 nitrogen and oxygen atoms in total. The van der Waals surface area contributed by atoms with Crippen LogP contribution in [0.4, 0.5) is 0 Å². The number of esters is 1. The molecule has 0 aromatic heterocycles. The molecule has 1 fully saturated rings. The molecule has 5 heteroatoms. The van der Waals surface area contributed by atoms with Gasteiger partial charge < -0.3 is 14.8 Å². The van der Waals surface area contributed by atoms with Crippen LogP contribution in [0.1, 0.15) is 38.7 Å². The highest BCUT2D eigenvalue weighted by Gasteiger charge is 2.28. The molecule has 1 amide bonds. The summed E-state index contributed by atoms with van der Waals surface area (Å²) in [6, 6.07) is 7.52. The van der Waals surface area contributed by atoms with E-state index >= 15 is 0 Å². The first-order chi connectivity index (χ1) is 12.0. The number of benzene rings is 1. The van der Waals surface area contributed by atoms with E-state index in [0.29, 0.717) is 17.6 Å². The Bertz CT molecular complexity index is 626. The summed E-state index contributed by atoms with van der Waals surface area (Å²) in [5.74, 6) is 0.921. The zero-order valence-corrected chi connectivity index (χ0v) is 15.2. The van der Waals surface area contributed by atoms with Gasteiger partial charge in [0.05, 0.1) is 7.11 Å². The second-order valence-electron chi connectivity index (χ2n) is 6.62. The second-order valence-corrected chi connectivity index (χ2v) is 6.62. The number of nitrogens with one attached hydrogen (secondary N) is 1. The number of rotatable bonds is 6. The van der Waals surface area contributed by atoms with Gasteiger partial charge in [0.2, 0.25) is 0 Å². The van der Waals surface area contributed by atoms with Crippen molar-refractivity contribution < 1.29 is 19.1 Å². The zero-order chi connectivity index (χ0) is 18.2. The molecule has 3 atom stereocenters. The molecule has 1 aliphatic carbocycles. The SMILES string of the molecule is COc1ccccc1/C=C/C(=O)OCC(=O)N[C@H]1CCC[C@H](C)[C@@H]1C. The minimum Gasteiger partial charge on any atom is -0.496 e. The third-order valence-electron chi connectivity index (χ3n) is 4.94. The molecule has 0 radical (unpaired) electrons. The van der Waals surface area contributed by atoms with E-state index in [-0.39, 0.29) is 18.6 Å². The Kier molecular flexibility index (Phi) is 7.04. The minimum atomic E-state index is -0.550. The van der Waals surface area contributed by atoms with Crippen LogP contribution < -0.4 is 10.1 Å². The normalized spacial score (nSPS) is 23.2. The van der Waals surface area contributed by atoms with E-state index in [4.69, 9.17) is 9.47 Å². The van der Waals surface area contributed by atoms with Gasteiger partial charge in [-0.15, -0.1) is 0 Å². The smallest absolute Gasteiger partial charge is 0.331 e. The Morgan fingerprint density at radius 3 is 2.76 bits per heavy atom. The van der Waals surface area contributed by atoms with E-state index in [0.717, 1.165) is 18.4 Å². The molecule has 0 heterocycles. The molecule has 0 spiro atoms. The Balaban J connectivity index is 1.79. The average Bonchev–Trinajstić information content (AvgIpc) is 2.62. The molecule has 1 aliphatic rings. The third-order valence-corrected chi connectivity index (χ3v) is 4.94. The van der Waals surface area contributed by atoms with Gasteiger partial charge in [-0.05, 0) is 30.4 Å². The zero-order valence-electron chi connectivity index (χ0n) is 15.2. The van der Waals surface area contributed by atoms with Crippen LogP contribution >= 0.6 is 0 Å². The van der Waals surface area contributed by atoms with E-state index in [9.17, 15) is 9.59 Å². The standard InChI is InChI=1S/C20H27NO4/c1-14-7-6-9-17(15(14)2)21-19(22)13-25-20(23)12-11-16-8-4-5-10-18(16)24-3/h4-5,8,10-12,14-15,17H,6-7,9,13H2,1-3H3,(H,21,22)/b12-11+/t14-,15-,17-/m0/s1. The summed E-state index contributed by atoms with van der Waals surface area (Å²) >= 11 is 0. The molecule has 1 N–H and O–H groups in total. The number of hydrogen-bond acceptors (Lipinski definition) is 4. The first-order valence-electron chi connectivity index (χ1n) is 8.78. The van der Waals surface area contributed by atoms with Crippen molar-refractivity contribution in [3.8, 4) is 5.75 Å². The Morgan fingerprint density at radius 1 is 1.24 bits per heavy atom. The maximum absolute atomic E-state index is 12.0. The van der Waals surface area contributed by atoms with Crippen LogP contribution in [0.2, 0.25) is 0 Å². The van der Waals surface area contributed by atoms with Gasteiger partial charge in [-0.25, -0.2) is 4.79 Å². The van der Waals surface area contributed by atoms with Gasteiger partial charge in [0.25, 0.3) is 5.91 Å². The molecular weight excluding hydrogens is 318 g/mol. The van der Waals surface area contributed by atoms with Crippen LogP contribution in [-0.4, -0.2) is 31.6 Å². The highest BCUT2D eigenvalue weighted by Crippen LogP contribution is 2.29. The average molecular weight is 345 g/mol. The Morgan fingerprint density at radius 2 is 2.00 bits per heavy atom. The van der Waals surface area contributed by atoms with Crippen molar-refractivity contribution in [2.75, 3.05) is 13.7 Å². The number of para-hydroxylation sites is 1. The van der Waals surface area contributed by atoms with Gasteiger partial charge in [-0.1, -0.05) is 44.9 Å². The van der Waals surface area contributed by atoms with Gasteiger partial charge in [0.15, 0.2) is 6.61 Å². The summed E-state index contributed by atoms with van der Waals surface area (Å²) in [6.45, 7) is 4.12. The third kappa shape index (κ3) is 5.62. The van der Waals surface area contributed by atoms with Crippen molar-refractivity contribution in [1.29, 1.82) is 0 Å². The van der Waals surface area contributed by atoms with E-state index in [1.807, 2.05) is 24.3 Å². The van der Waals surface area contributed by atoms with Crippen LogP contribution in [0, 0.1) is 11.8 Å². The Hall–Kier alpha value is -2.30. The minimum absolute atomic E-state index is 0.166. The fraction of sp³-hybridized carbons (Fsp3) is 0.500. The van der Waals surface area contributed by atoms with Gasteiger partial charge in [-0.3, -0.25) is 4.79 Å². The van der Waals surface area contributed by atoms with Crippen molar-refractivity contribution in [2.24, 2.45) is 11.8 Å². The topological polar surface area (TPSA) is 64.6 Å². The highest BCUT2D eigenvalue weighted by molar-refractivity contribution is 5.89. The lowest BCUT2D eigenvalue weighted by atomic mass is 9.78. The van der Waals surface area contributed by atoms with E-state index in [2.05, 4.69) is 19.2 Å². The Labute approximate surface area is 149 Å². The van der Waals surface area contributed by atoms with E-state index in [1.165, 1.54) is 12.5 Å². The first kappa shape index (κ1) is 19.0. The van der Waals surface area contributed by atoms with Gasteiger partial charge in [-0.2, -0.15) is 0 Å². The summed E-state index contributed by atoms with van der Waals surface area (Å²) in [5, 5.41) is 2.99. The van der Waals surface area contributed by atoms with E-state index < -0.39 is 5.97 Å². The summed E-state index contributed by atoms with van der Waals surface area (Å²) in [4.78, 5) is 23.8. The lowest BCUT2D eigenvalue weighted by molar-refractivity contribution is -0.144. The summed E-state index contributed by atoms with van der Waals surface area (Å²) in [5.41, 5.74) is 0.774. The van der Waals surface area contributed by atoms with Gasteiger partial charge >= 0.3 is 5.97 Å². The number of carbonyl (C=O) groups is 2. The maximum Gasteiger partial charge on any atom is 0.331 e. The molecule has 0 saturated heterocycles. The van der Waals surface area contributed by atoms with Gasteiger partial charge in [0, 0.05) is 17.7 Å². The molecule has 0 aliphatic heterocycles. The first-order valence-corrected chi connectivity index (χ1v) is 8.78. The lowest BCUT2D eigenvalue weighted by Crippen LogP contribution is -2.45. The monoisotopic (exact) mass is 345 g/mol. The van der Waals surface area contributed by atoms with Crippen molar-refractivity contribution in [2.45, 2.75) is 39.2 Å². The van der Waals surface area contributed by atoms with Crippen molar-refractivity contribution >= 4 is 18.0 Å². The van der Waals surface area contributed by atoms with Crippen LogP contribution in [0.5, 0.6) is 5.75 Å². The molecule has 25 heavy (non-hydrogen) atoms. The molecule has 2 rings (SSSR count). The largest absolute Gasteiger partial charge is 0.496 e. The predicted molar refractivity (Wildman–Crippen MR) is 97.1 cm³/mol. The summed E-state index contributed by atoms with van der Waals surface area (Å²) in [7, 11) is 1.57. The molecule has 0 bridgehead atoms. The van der Waals surface area contributed by atoms with E-state index in [1.54, 1.807) is 13.2 Å². The fourth-order valence-electron chi connectivity index (χ4n) is 3.18. The van der Waals surface area contributed by atoms with Crippen molar-refractivity contribution in [1.82, 2.24) is 5.32 Å². The summed E-state index contributed by atoms with van der Waals surface area (Å²) in [6.07, 6.45) is 6.23. The second kappa shape index (κ2) is 9.25. The maximum atomic E-state index is 12.0. The lowest BCUT2D eigenvalue weighted by Gasteiger charge is -2.34. The molecule has 136 valence electrons. The van der Waals surface area contributed by atoms with Crippen LogP contribution in [-0.2, 0) is 14.3 Å². The number of hydrogen-bond donors (Lipinski definition) is 1. The summed E-state index contributed by atoms with van der Waals surface area (Å²) < 4.78 is 10.2. The highest BCUT2D eigenvalue weighted by atomic mass is 16.5. The van der Waals surface area contributed by atoms with Crippen molar-refractivity contribution in [3.05, 3.63) is 35.9 Å². The van der Waals surface area contributed by atoms with Crippen molar-refractivity contribution in [3.63, 3.8) is 0 Å². The predicted octanol–water partition coefficient (Wildman–Crippen LogP) is 3.19. The van der Waals surface area contributed by atoms with Crippen LogP contribution in [0.15, 0.2) is 30.3 Å². The molecule has 1 saturated carbocycles. The van der Waals surface area contributed by atoms with Crippen LogP contribution in [0.25, 0.3) is 6.08 Å². The number of carbonyl (C=O) groups excluding carboxylic acids is 2. The molecule has 0 unspecified atom stereocenters.